The number of rotatable bonds is 3. The third-order valence-corrected chi connectivity index (χ3v) is 5.29. The van der Waals surface area contributed by atoms with Crippen LogP contribution in [-0.4, -0.2) is 24.8 Å². The van der Waals surface area contributed by atoms with Gasteiger partial charge in [-0.2, -0.15) is 0 Å². The van der Waals surface area contributed by atoms with Crippen LogP contribution in [0.4, 0.5) is 0 Å². The minimum Gasteiger partial charge on any atom is -0.377 e. The zero-order chi connectivity index (χ0) is 11.1. The second kappa shape index (κ2) is 4.30. The maximum Gasteiger partial charge on any atom is 0.0700 e. The van der Waals surface area contributed by atoms with Gasteiger partial charge in [0.1, 0.15) is 0 Å². The normalized spacial score (nSPS) is 48.8. The molecule has 2 saturated carbocycles. The van der Waals surface area contributed by atoms with Gasteiger partial charge in [-0.25, -0.2) is 0 Å². The molecule has 3 rings (SSSR count). The first-order chi connectivity index (χ1) is 7.74. The molecule has 0 radical (unpaired) electrons. The Morgan fingerprint density at radius 2 is 2.06 bits per heavy atom. The standard InChI is InChI=1S/C14H25NO/c1-9(15-14-5-6-16-10(14)2)13-8-11-3-4-12(13)7-11/h9-15H,3-8H2,1-2H3. The number of nitrogens with one attached hydrogen (secondary N) is 1. The highest BCUT2D eigenvalue weighted by molar-refractivity contribution is 4.95. The molecule has 0 aromatic carbocycles. The van der Waals surface area contributed by atoms with Crippen molar-refractivity contribution in [3.63, 3.8) is 0 Å². The van der Waals surface area contributed by atoms with E-state index in [0.717, 1.165) is 24.4 Å². The van der Waals surface area contributed by atoms with E-state index < -0.39 is 0 Å². The lowest BCUT2D eigenvalue weighted by atomic mass is 9.83. The summed E-state index contributed by atoms with van der Waals surface area (Å²) in [5.74, 6) is 3.05. The zero-order valence-corrected chi connectivity index (χ0v) is 10.6. The third kappa shape index (κ3) is 1.91. The van der Waals surface area contributed by atoms with Gasteiger partial charge < -0.3 is 10.1 Å². The van der Waals surface area contributed by atoms with E-state index in [2.05, 4.69) is 19.2 Å². The molecular weight excluding hydrogens is 198 g/mol. The number of ether oxygens (including phenoxy) is 1. The Bertz CT molecular complexity index is 255. The second-order valence-corrected chi connectivity index (χ2v) is 6.27. The Labute approximate surface area is 99.1 Å². The van der Waals surface area contributed by atoms with E-state index in [1.807, 2.05) is 0 Å². The summed E-state index contributed by atoms with van der Waals surface area (Å²) in [6, 6.07) is 1.30. The molecule has 6 unspecified atom stereocenters. The van der Waals surface area contributed by atoms with E-state index in [0.29, 0.717) is 18.2 Å². The average molecular weight is 223 g/mol. The summed E-state index contributed by atoms with van der Waals surface area (Å²) in [7, 11) is 0. The molecule has 0 aromatic rings. The predicted octanol–water partition coefficient (Wildman–Crippen LogP) is 2.58. The average Bonchev–Trinajstić information content (AvgIpc) is 2.95. The highest BCUT2D eigenvalue weighted by Gasteiger charge is 2.42. The summed E-state index contributed by atoms with van der Waals surface area (Å²) >= 11 is 0. The number of fused-ring (bicyclic) bond motifs is 2. The van der Waals surface area contributed by atoms with Gasteiger partial charge in [0.25, 0.3) is 0 Å². The molecule has 2 nitrogen and oxygen atoms in total. The molecule has 6 atom stereocenters. The van der Waals surface area contributed by atoms with Crippen LogP contribution in [0.2, 0.25) is 0 Å². The quantitative estimate of drug-likeness (QED) is 0.794. The van der Waals surface area contributed by atoms with E-state index in [4.69, 9.17) is 4.74 Å². The second-order valence-electron chi connectivity index (χ2n) is 6.27. The van der Waals surface area contributed by atoms with Gasteiger partial charge in [0.2, 0.25) is 0 Å². The van der Waals surface area contributed by atoms with Crippen molar-refractivity contribution in [3.8, 4) is 0 Å². The van der Waals surface area contributed by atoms with Crippen molar-refractivity contribution in [1.29, 1.82) is 0 Å². The molecule has 0 spiro atoms. The van der Waals surface area contributed by atoms with Crippen LogP contribution in [0.15, 0.2) is 0 Å². The van der Waals surface area contributed by atoms with Gasteiger partial charge in [0.15, 0.2) is 0 Å². The monoisotopic (exact) mass is 223 g/mol. The van der Waals surface area contributed by atoms with E-state index in [1.165, 1.54) is 32.1 Å². The van der Waals surface area contributed by atoms with Crippen LogP contribution in [0.1, 0.15) is 46.0 Å². The lowest BCUT2D eigenvalue weighted by Crippen LogP contribution is -2.45. The van der Waals surface area contributed by atoms with Gasteiger partial charge in [0, 0.05) is 18.7 Å². The third-order valence-electron chi connectivity index (χ3n) is 5.29. The van der Waals surface area contributed by atoms with Crippen LogP contribution in [0.25, 0.3) is 0 Å². The van der Waals surface area contributed by atoms with E-state index >= 15 is 0 Å². The highest BCUT2D eigenvalue weighted by atomic mass is 16.5. The Kier molecular flexibility index (Phi) is 2.97. The molecule has 2 heteroatoms. The summed E-state index contributed by atoms with van der Waals surface area (Å²) in [6.07, 6.45) is 7.64. The first kappa shape index (κ1) is 11.0. The number of hydrogen-bond donors (Lipinski definition) is 1. The molecule has 92 valence electrons. The molecule has 2 aliphatic carbocycles. The van der Waals surface area contributed by atoms with Gasteiger partial charge in [-0.15, -0.1) is 0 Å². The summed E-state index contributed by atoms with van der Waals surface area (Å²) in [6.45, 7) is 5.55. The fourth-order valence-corrected chi connectivity index (χ4v) is 4.32. The first-order valence-electron chi connectivity index (χ1n) is 7.11. The molecule has 16 heavy (non-hydrogen) atoms. The first-order valence-corrected chi connectivity index (χ1v) is 7.11. The molecule has 0 aromatic heterocycles. The molecule has 1 heterocycles. The maximum atomic E-state index is 5.63. The predicted molar refractivity (Wildman–Crippen MR) is 65.4 cm³/mol. The topological polar surface area (TPSA) is 21.3 Å². The van der Waals surface area contributed by atoms with Crippen molar-refractivity contribution >= 4 is 0 Å². The van der Waals surface area contributed by atoms with Gasteiger partial charge in [-0.05, 0) is 57.3 Å². The van der Waals surface area contributed by atoms with Crippen LogP contribution in [0, 0.1) is 17.8 Å². The SMILES string of the molecule is CC(NC1CCOC1C)C1CC2CCC1C2. The van der Waals surface area contributed by atoms with Crippen LogP contribution >= 0.6 is 0 Å². The van der Waals surface area contributed by atoms with Crippen LogP contribution in [0.5, 0.6) is 0 Å². The number of hydrogen-bond acceptors (Lipinski definition) is 2. The van der Waals surface area contributed by atoms with Crippen molar-refractivity contribution in [1.82, 2.24) is 5.32 Å². The summed E-state index contributed by atoms with van der Waals surface area (Å²) in [5, 5.41) is 3.83. The molecule has 1 aliphatic heterocycles. The Hall–Kier alpha value is -0.0800. The smallest absolute Gasteiger partial charge is 0.0700 e. The summed E-state index contributed by atoms with van der Waals surface area (Å²) < 4.78 is 5.63. The van der Waals surface area contributed by atoms with Crippen molar-refractivity contribution in [2.75, 3.05) is 6.61 Å². The Morgan fingerprint density at radius 3 is 2.62 bits per heavy atom. The summed E-state index contributed by atoms with van der Waals surface area (Å²) in [5.41, 5.74) is 0. The largest absolute Gasteiger partial charge is 0.377 e. The van der Waals surface area contributed by atoms with Gasteiger partial charge >= 0.3 is 0 Å². The van der Waals surface area contributed by atoms with E-state index in [9.17, 15) is 0 Å². The lowest BCUT2D eigenvalue weighted by molar-refractivity contribution is 0.107. The van der Waals surface area contributed by atoms with E-state index in [-0.39, 0.29) is 0 Å². The van der Waals surface area contributed by atoms with Crippen molar-refractivity contribution in [2.24, 2.45) is 17.8 Å². The minimum absolute atomic E-state index is 0.418. The highest BCUT2D eigenvalue weighted by Crippen LogP contribution is 2.49. The van der Waals surface area contributed by atoms with Gasteiger partial charge in [-0.3, -0.25) is 0 Å². The minimum atomic E-state index is 0.418. The van der Waals surface area contributed by atoms with Gasteiger partial charge in [0.05, 0.1) is 6.10 Å². The molecular formula is C14H25NO. The molecule has 0 amide bonds. The Morgan fingerprint density at radius 1 is 1.19 bits per heavy atom. The van der Waals surface area contributed by atoms with Gasteiger partial charge in [-0.1, -0.05) is 6.42 Å². The molecule has 3 fully saturated rings. The molecule has 2 bridgehead atoms. The lowest BCUT2D eigenvalue weighted by Gasteiger charge is -2.31. The molecule has 3 aliphatic rings. The van der Waals surface area contributed by atoms with Crippen LogP contribution < -0.4 is 5.32 Å². The van der Waals surface area contributed by atoms with Crippen LogP contribution in [0.3, 0.4) is 0 Å². The van der Waals surface area contributed by atoms with Crippen LogP contribution in [-0.2, 0) is 4.74 Å². The Balaban J connectivity index is 1.55. The molecule has 1 N–H and O–H groups in total. The summed E-state index contributed by atoms with van der Waals surface area (Å²) in [4.78, 5) is 0. The van der Waals surface area contributed by atoms with Crippen molar-refractivity contribution < 1.29 is 4.74 Å². The molecule has 1 saturated heterocycles. The van der Waals surface area contributed by atoms with E-state index in [1.54, 1.807) is 0 Å². The van der Waals surface area contributed by atoms with Crippen molar-refractivity contribution in [2.45, 2.75) is 64.1 Å². The van der Waals surface area contributed by atoms with Crippen molar-refractivity contribution in [3.05, 3.63) is 0 Å². The zero-order valence-electron chi connectivity index (χ0n) is 10.6. The fraction of sp³-hybridized carbons (Fsp3) is 1.00. The fourth-order valence-electron chi connectivity index (χ4n) is 4.32. The maximum absolute atomic E-state index is 5.63.